The molecule has 15 heavy (non-hydrogen) atoms. The van der Waals surface area contributed by atoms with Crippen molar-refractivity contribution in [3.8, 4) is 0 Å². The summed E-state index contributed by atoms with van der Waals surface area (Å²) < 4.78 is 0. The zero-order chi connectivity index (χ0) is 10.8. The lowest BCUT2D eigenvalue weighted by atomic mass is 10.0. The lowest BCUT2D eigenvalue weighted by molar-refractivity contribution is 0.210. The number of aryl methyl sites for hydroxylation is 1. The van der Waals surface area contributed by atoms with E-state index in [9.17, 15) is 4.79 Å². The molecule has 0 saturated heterocycles. The van der Waals surface area contributed by atoms with Crippen LogP contribution < -0.4 is 5.32 Å². The van der Waals surface area contributed by atoms with E-state index < -0.39 is 6.09 Å². The number of amides is 1. The van der Waals surface area contributed by atoms with Gasteiger partial charge in [-0.1, -0.05) is 36.4 Å². The zero-order valence-corrected chi connectivity index (χ0v) is 8.32. The fraction of sp³-hybridized carbons (Fsp3) is 0.0833. The number of fused-ring (bicyclic) bond motifs is 1. The van der Waals surface area contributed by atoms with Gasteiger partial charge in [-0.05, 0) is 17.9 Å². The quantitative estimate of drug-likeness (QED) is 0.744. The second kappa shape index (κ2) is 3.61. The summed E-state index contributed by atoms with van der Waals surface area (Å²) in [6.45, 7) is 1.89. The van der Waals surface area contributed by atoms with Crippen molar-refractivity contribution in [2.75, 3.05) is 5.32 Å². The summed E-state index contributed by atoms with van der Waals surface area (Å²) in [5.41, 5.74) is 1.59. The lowest BCUT2D eigenvalue weighted by Gasteiger charge is -2.09. The number of hydrogen-bond donors (Lipinski definition) is 2. The maximum Gasteiger partial charge on any atom is 0.409 e. The molecule has 0 aliphatic heterocycles. The van der Waals surface area contributed by atoms with Crippen LogP contribution in [0.5, 0.6) is 0 Å². The molecule has 3 heteroatoms. The van der Waals surface area contributed by atoms with Crippen molar-refractivity contribution in [1.29, 1.82) is 0 Å². The maximum atomic E-state index is 10.7. The Labute approximate surface area is 87.3 Å². The maximum absolute atomic E-state index is 10.7. The molecule has 3 nitrogen and oxygen atoms in total. The van der Waals surface area contributed by atoms with E-state index in [4.69, 9.17) is 5.11 Å². The first-order valence-electron chi connectivity index (χ1n) is 4.67. The molecule has 0 fully saturated rings. The summed E-state index contributed by atoms with van der Waals surface area (Å²) in [6.07, 6.45) is -1.03. The van der Waals surface area contributed by atoms with Crippen LogP contribution in [-0.2, 0) is 0 Å². The summed E-state index contributed by atoms with van der Waals surface area (Å²) >= 11 is 0. The average molecular weight is 201 g/mol. The van der Waals surface area contributed by atoms with E-state index in [0.29, 0.717) is 5.69 Å². The number of hydrogen-bond acceptors (Lipinski definition) is 1. The van der Waals surface area contributed by atoms with E-state index in [-0.39, 0.29) is 0 Å². The Bertz CT molecular complexity index is 520. The smallest absolute Gasteiger partial charge is 0.409 e. The van der Waals surface area contributed by atoms with E-state index in [1.54, 1.807) is 0 Å². The monoisotopic (exact) mass is 201 g/mol. The molecule has 0 atom stereocenters. The van der Waals surface area contributed by atoms with Crippen molar-refractivity contribution in [1.82, 2.24) is 0 Å². The predicted molar refractivity (Wildman–Crippen MR) is 60.3 cm³/mol. The van der Waals surface area contributed by atoms with Crippen LogP contribution in [0.15, 0.2) is 36.4 Å². The van der Waals surface area contributed by atoms with E-state index in [2.05, 4.69) is 5.32 Å². The molecule has 0 bridgehead atoms. The first kappa shape index (κ1) is 9.52. The van der Waals surface area contributed by atoms with Gasteiger partial charge in [-0.3, -0.25) is 5.32 Å². The Balaban J connectivity index is 2.68. The molecule has 1 amide bonds. The van der Waals surface area contributed by atoms with Gasteiger partial charge < -0.3 is 5.11 Å². The van der Waals surface area contributed by atoms with E-state index in [1.807, 2.05) is 43.3 Å². The number of anilines is 1. The standard InChI is InChI=1S/C12H11NO2/c1-8-6-7-9-4-2-3-5-10(9)11(8)13-12(14)15/h2-7,13H,1H3,(H,14,15). The molecule has 0 saturated carbocycles. The molecule has 0 aliphatic rings. The van der Waals surface area contributed by atoms with Crippen LogP contribution in [0.2, 0.25) is 0 Å². The van der Waals surface area contributed by atoms with Crippen LogP contribution in [0.3, 0.4) is 0 Å². The normalized spacial score (nSPS) is 10.2. The molecule has 2 aromatic rings. The van der Waals surface area contributed by atoms with Crippen LogP contribution in [0.1, 0.15) is 5.56 Å². The number of nitrogens with one attached hydrogen (secondary N) is 1. The Morgan fingerprint density at radius 1 is 1.20 bits per heavy atom. The lowest BCUT2D eigenvalue weighted by Crippen LogP contribution is -2.08. The minimum Gasteiger partial charge on any atom is -0.465 e. The van der Waals surface area contributed by atoms with E-state index in [0.717, 1.165) is 16.3 Å². The molecule has 0 spiro atoms. The minimum atomic E-state index is -1.03. The van der Waals surface area contributed by atoms with Gasteiger partial charge in [0.1, 0.15) is 0 Å². The first-order chi connectivity index (χ1) is 7.18. The highest BCUT2D eigenvalue weighted by Crippen LogP contribution is 2.26. The summed E-state index contributed by atoms with van der Waals surface area (Å²) in [4.78, 5) is 10.7. The first-order valence-corrected chi connectivity index (χ1v) is 4.67. The third-order valence-electron chi connectivity index (χ3n) is 2.37. The van der Waals surface area contributed by atoms with Crippen LogP contribution >= 0.6 is 0 Å². The highest BCUT2D eigenvalue weighted by atomic mass is 16.4. The van der Waals surface area contributed by atoms with Crippen molar-refractivity contribution < 1.29 is 9.90 Å². The van der Waals surface area contributed by atoms with Gasteiger partial charge in [0.15, 0.2) is 0 Å². The van der Waals surface area contributed by atoms with Crippen molar-refractivity contribution in [2.45, 2.75) is 6.92 Å². The van der Waals surface area contributed by atoms with Crippen molar-refractivity contribution in [2.24, 2.45) is 0 Å². The largest absolute Gasteiger partial charge is 0.465 e. The number of carboxylic acid groups (broad SMARTS) is 1. The Hall–Kier alpha value is -2.03. The fourth-order valence-electron chi connectivity index (χ4n) is 1.65. The molecule has 0 heterocycles. The van der Waals surface area contributed by atoms with Gasteiger partial charge >= 0.3 is 6.09 Å². The highest BCUT2D eigenvalue weighted by Gasteiger charge is 2.06. The highest BCUT2D eigenvalue weighted by molar-refractivity contribution is 6.01. The molecule has 2 N–H and O–H groups in total. The fourth-order valence-corrected chi connectivity index (χ4v) is 1.65. The molecule has 0 radical (unpaired) electrons. The predicted octanol–water partition coefficient (Wildman–Crippen LogP) is 3.24. The van der Waals surface area contributed by atoms with Crippen molar-refractivity contribution in [3.63, 3.8) is 0 Å². The molecule has 2 aromatic carbocycles. The Morgan fingerprint density at radius 2 is 1.93 bits per heavy atom. The van der Waals surface area contributed by atoms with Crippen molar-refractivity contribution >= 4 is 22.6 Å². The summed E-state index contributed by atoms with van der Waals surface area (Å²) in [6, 6.07) is 11.6. The number of carbonyl (C=O) groups is 1. The van der Waals surface area contributed by atoms with Gasteiger partial charge in [0.25, 0.3) is 0 Å². The van der Waals surface area contributed by atoms with Gasteiger partial charge in [-0.15, -0.1) is 0 Å². The molecule has 0 aromatic heterocycles. The van der Waals surface area contributed by atoms with E-state index in [1.165, 1.54) is 0 Å². The second-order valence-electron chi connectivity index (χ2n) is 3.41. The van der Waals surface area contributed by atoms with Crippen LogP contribution in [0.25, 0.3) is 10.8 Å². The number of rotatable bonds is 1. The summed E-state index contributed by atoms with van der Waals surface area (Å²) in [5, 5.41) is 13.1. The second-order valence-corrected chi connectivity index (χ2v) is 3.41. The number of benzene rings is 2. The van der Waals surface area contributed by atoms with Gasteiger partial charge in [-0.2, -0.15) is 0 Å². The zero-order valence-electron chi connectivity index (χ0n) is 8.32. The van der Waals surface area contributed by atoms with Gasteiger partial charge in [-0.25, -0.2) is 4.79 Å². The summed E-state index contributed by atoms with van der Waals surface area (Å²) in [7, 11) is 0. The topological polar surface area (TPSA) is 49.3 Å². The molecule has 2 rings (SSSR count). The average Bonchev–Trinajstić information content (AvgIpc) is 2.22. The summed E-state index contributed by atoms with van der Waals surface area (Å²) in [5.74, 6) is 0. The minimum absolute atomic E-state index is 0.667. The molecular formula is C12H11NO2. The van der Waals surface area contributed by atoms with Gasteiger partial charge in [0.05, 0.1) is 5.69 Å². The van der Waals surface area contributed by atoms with Gasteiger partial charge in [0, 0.05) is 5.39 Å². The third-order valence-corrected chi connectivity index (χ3v) is 2.37. The van der Waals surface area contributed by atoms with Crippen LogP contribution in [0.4, 0.5) is 10.5 Å². The molecule has 0 aliphatic carbocycles. The van der Waals surface area contributed by atoms with Crippen LogP contribution in [0, 0.1) is 6.92 Å². The molecule has 0 unspecified atom stereocenters. The van der Waals surface area contributed by atoms with Crippen LogP contribution in [-0.4, -0.2) is 11.2 Å². The van der Waals surface area contributed by atoms with Crippen molar-refractivity contribution in [3.05, 3.63) is 42.0 Å². The van der Waals surface area contributed by atoms with E-state index >= 15 is 0 Å². The molecular weight excluding hydrogens is 190 g/mol. The SMILES string of the molecule is Cc1ccc2ccccc2c1NC(=O)O. The Kier molecular flexibility index (Phi) is 2.29. The van der Waals surface area contributed by atoms with Gasteiger partial charge in [0.2, 0.25) is 0 Å². The third kappa shape index (κ3) is 1.76. The molecule has 76 valence electrons. The Morgan fingerprint density at radius 3 is 2.67 bits per heavy atom.